The maximum absolute atomic E-state index is 12.4. The van der Waals surface area contributed by atoms with Crippen molar-refractivity contribution in [1.82, 2.24) is 14.8 Å². The molecule has 106 valence electrons. The molecule has 3 rings (SSSR count). The van der Waals surface area contributed by atoms with Crippen molar-refractivity contribution in [2.24, 2.45) is 0 Å². The first-order chi connectivity index (χ1) is 10.2. The summed E-state index contributed by atoms with van der Waals surface area (Å²) in [5.41, 5.74) is 2.09. The molecule has 0 atom stereocenters. The smallest absolute Gasteiger partial charge is 0.265 e. The Morgan fingerprint density at radius 2 is 2.10 bits per heavy atom. The van der Waals surface area contributed by atoms with Crippen LogP contribution in [-0.2, 0) is 6.54 Å². The Morgan fingerprint density at radius 1 is 1.24 bits per heavy atom. The molecule has 0 N–H and O–H groups in total. The first-order valence-electron chi connectivity index (χ1n) is 6.82. The van der Waals surface area contributed by atoms with Gasteiger partial charge in [-0.05, 0) is 30.7 Å². The van der Waals surface area contributed by atoms with Crippen molar-refractivity contribution in [3.63, 3.8) is 0 Å². The number of rotatable bonds is 3. The minimum Gasteiger partial charge on any atom is -0.265 e. The number of nitrogens with zero attached hydrogens (tertiary/aromatic N) is 3. The first kappa shape index (κ1) is 13.9. The maximum Gasteiger partial charge on any atom is 0.293 e. The van der Waals surface area contributed by atoms with E-state index in [4.69, 9.17) is 0 Å². The van der Waals surface area contributed by atoms with Crippen molar-refractivity contribution in [2.45, 2.75) is 19.9 Å². The van der Waals surface area contributed by atoms with E-state index in [1.165, 1.54) is 4.68 Å². The summed E-state index contributed by atoms with van der Waals surface area (Å²) >= 11 is 3.48. The van der Waals surface area contributed by atoms with Gasteiger partial charge in [0.05, 0.1) is 0 Å². The highest BCUT2D eigenvalue weighted by molar-refractivity contribution is 9.10. The van der Waals surface area contributed by atoms with Gasteiger partial charge < -0.3 is 0 Å². The highest BCUT2D eigenvalue weighted by Crippen LogP contribution is 2.26. The molecule has 0 unspecified atom stereocenters. The lowest BCUT2D eigenvalue weighted by Gasteiger charge is -2.10. The Labute approximate surface area is 130 Å². The Balaban J connectivity index is 2.36. The van der Waals surface area contributed by atoms with Gasteiger partial charge in [0.1, 0.15) is 11.2 Å². The number of pyridine rings is 1. The van der Waals surface area contributed by atoms with Crippen LogP contribution in [0.1, 0.15) is 13.3 Å². The number of benzene rings is 1. The quantitative estimate of drug-likeness (QED) is 0.729. The lowest BCUT2D eigenvalue weighted by atomic mass is 10.1. The van der Waals surface area contributed by atoms with E-state index in [-0.39, 0.29) is 5.56 Å². The SMILES string of the molecule is CCCn1nc(-c2cccc(Br)c2)c2cccnc2c1=O. The van der Waals surface area contributed by atoms with Crippen LogP contribution in [0.4, 0.5) is 0 Å². The Morgan fingerprint density at radius 3 is 2.86 bits per heavy atom. The predicted octanol–water partition coefficient (Wildman–Crippen LogP) is 3.63. The second-order valence-corrected chi connectivity index (χ2v) is 5.70. The van der Waals surface area contributed by atoms with Crippen LogP contribution in [0.25, 0.3) is 22.2 Å². The lowest BCUT2D eigenvalue weighted by Crippen LogP contribution is -2.24. The van der Waals surface area contributed by atoms with Gasteiger partial charge in [0.2, 0.25) is 0 Å². The topological polar surface area (TPSA) is 47.8 Å². The Bertz CT molecular complexity index is 858. The zero-order valence-electron chi connectivity index (χ0n) is 11.6. The normalized spacial score (nSPS) is 11.0. The van der Waals surface area contributed by atoms with Gasteiger partial charge in [0.25, 0.3) is 5.56 Å². The van der Waals surface area contributed by atoms with Crippen LogP contribution < -0.4 is 5.56 Å². The molecule has 0 saturated carbocycles. The molecule has 2 heterocycles. The minimum absolute atomic E-state index is 0.133. The fourth-order valence-corrected chi connectivity index (χ4v) is 2.72. The highest BCUT2D eigenvalue weighted by atomic mass is 79.9. The highest BCUT2D eigenvalue weighted by Gasteiger charge is 2.12. The van der Waals surface area contributed by atoms with Gasteiger partial charge in [-0.25, -0.2) is 4.68 Å². The van der Waals surface area contributed by atoms with E-state index in [2.05, 4.69) is 26.0 Å². The van der Waals surface area contributed by atoms with Gasteiger partial charge in [0, 0.05) is 28.2 Å². The molecule has 0 spiro atoms. The monoisotopic (exact) mass is 343 g/mol. The maximum atomic E-state index is 12.4. The summed E-state index contributed by atoms with van der Waals surface area (Å²) in [5, 5.41) is 5.33. The van der Waals surface area contributed by atoms with Gasteiger partial charge in [0.15, 0.2) is 0 Å². The van der Waals surface area contributed by atoms with Gasteiger partial charge in [-0.1, -0.05) is 35.0 Å². The molecule has 2 aromatic heterocycles. The molecule has 0 aliphatic heterocycles. The number of aromatic nitrogens is 3. The molecule has 0 amide bonds. The van der Waals surface area contributed by atoms with Gasteiger partial charge in [-0.15, -0.1) is 0 Å². The number of halogens is 1. The van der Waals surface area contributed by atoms with Crippen LogP contribution in [0.15, 0.2) is 51.9 Å². The number of aryl methyl sites for hydroxylation is 1. The molecule has 1 aromatic carbocycles. The van der Waals surface area contributed by atoms with E-state index in [0.717, 1.165) is 27.5 Å². The van der Waals surface area contributed by atoms with Gasteiger partial charge >= 0.3 is 0 Å². The Kier molecular flexibility index (Phi) is 3.84. The van der Waals surface area contributed by atoms with Crippen molar-refractivity contribution in [1.29, 1.82) is 0 Å². The summed E-state index contributed by atoms with van der Waals surface area (Å²) < 4.78 is 2.48. The molecule has 21 heavy (non-hydrogen) atoms. The van der Waals surface area contributed by atoms with Crippen LogP contribution >= 0.6 is 15.9 Å². The van der Waals surface area contributed by atoms with E-state index < -0.39 is 0 Å². The molecule has 0 saturated heterocycles. The molecule has 4 nitrogen and oxygen atoms in total. The molecular formula is C16H14BrN3O. The van der Waals surface area contributed by atoms with Crippen LogP contribution in [0, 0.1) is 0 Å². The summed E-state index contributed by atoms with van der Waals surface area (Å²) in [4.78, 5) is 16.6. The third-order valence-electron chi connectivity index (χ3n) is 3.25. The average molecular weight is 344 g/mol. The number of hydrogen-bond acceptors (Lipinski definition) is 3. The van der Waals surface area contributed by atoms with Crippen LogP contribution in [0.5, 0.6) is 0 Å². The van der Waals surface area contributed by atoms with Crippen LogP contribution in [-0.4, -0.2) is 14.8 Å². The molecular weight excluding hydrogens is 330 g/mol. The number of hydrogen-bond donors (Lipinski definition) is 0. The second kappa shape index (κ2) is 5.77. The second-order valence-electron chi connectivity index (χ2n) is 4.79. The fraction of sp³-hybridized carbons (Fsp3) is 0.188. The van der Waals surface area contributed by atoms with Crippen molar-refractivity contribution in [3.8, 4) is 11.3 Å². The third kappa shape index (κ3) is 2.61. The molecule has 3 aromatic rings. The largest absolute Gasteiger partial charge is 0.293 e. The minimum atomic E-state index is -0.133. The van der Waals surface area contributed by atoms with Crippen molar-refractivity contribution in [2.75, 3.05) is 0 Å². The van der Waals surface area contributed by atoms with E-state index in [1.807, 2.05) is 43.3 Å². The van der Waals surface area contributed by atoms with Crippen LogP contribution in [0.2, 0.25) is 0 Å². The molecule has 0 aliphatic rings. The molecule has 0 radical (unpaired) electrons. The zero-order valence-corrected chi connectivity index (χ0v) is 13.2. The summed E-state index contributed by atoms with van der Waals surface area (Å²) in [6.45, 7) is 2.61. The van der Waals surface area contributed by atoms with Gasteiger partial charge in [-0.2, -0.15) is 5.10 Å². The summed E-state index contributed by atoms with van der Waals surface area (Å²) in [5.74, 6) is 0. The Hall–Kier alpha value is -2.01. The predicted molar refractivity (Wildman–Crippen MR) is 87.2 cm³/mol. The standard InChI is InChI=1S/C16H14BrN3O/c1-2-9-20-16(21)15-13(7-4-8-18-15)14(19-20)11-5-3-6-12(17)10-11/h3-8,10H,2,9H2,1H3. The third-order valence-corrected chi connectivity index (χ3v) is 3.75. The summed E-state index contributed by atoms with van der Waals surface area (Å²) in [6.07, 6.45) is 2.49. The summed E-state index contributed by atoms with van der Waals surface area (Å²) in [6, 6.07) is 11.6. The van der Waals surface area contributed by atoms with Crippen molar-refractivity contribution in [3.05, 3.63) is 57.4 Å². The van der Waals surface area contributed by atoms with Crippen molar-refractivity contribution < 1.29 is 0 Å². The lowest BCUT2D eigenvalue weighted by molar-refractivity contribution is 0.575. The van der Waals surface area contributed by atoms with Crippen molar-refractivity contribution >= 4 is 26.8 Å². The molecule has 0 bridgehead atoms. The fourth-order valence-electron chi connectivity index (χ4n) is 2.32. The zero-order chi connectivity index (χ0) is 14.8. The number of fused-ring (bicyclic) bond motifs is 1. The molecule has 0 aliphatic carbocycles. The van der Waals surface area contributed by atoms with E-state index in [9.17, 15) is 4.79 Å². The van der Waals surface area contributed by atoms with E-state index in [0.29, 0.717) is 12.1 Å². The molecule has 0 fully saturated rings. The molecule has 5 heteroatoms. The summed E-state index contributed by atoms with van der Waals surface area (Å²) in [7, 11) is 0. The van der Waals surface area contributed by atoms with Gasteiger partial charge in [-0.3, -0.25) is 9.78 Å². The van der Waals surface area contributed by atoms with Crippen LogP contribution in [0.3, 0.4) is 0 Å². The van der Waals surface area contributed by atoms with E-state index >= 15 is 0 Å². The van der Waals surface area contributed by atoms with E-state index in [1.54, 1.807) is 6.20 Å². The first-order valence-corrected chi connectivity index (χ1v) is 7.62. The average Bonchev–Trinajstić information content (AvgIpc) is 2.50.